The van der Waals surface area contributed by atoms with Crippen LogP contribution in [0.2, 0.25) is 0 Å². The molecule has 0 aromatic carbocycles. The highest BCUT2D eigenvalue weighted by atomic mass is 16.6. The monoisotopic (exact) mass is 859 g/mol. The lowest BCUT2D eigenvalue weighted by Crippen LogP contribution is -2.30. The van der Waals surface area contributed by atoms with Crippen molar-refractivity contribution < 1.29 is 28.6 Å². The summed E-state index contributed by atoms with van der Waals surface area (Å²) in [6.07, 6.45) is 66.4. The molecule has 0 amide bonds. The molecule has 1 unspecified atom stereocenters. The van der Waals surface area contributed by atoms with Gasteiger partial charge in [-0.1, -0.05) is 194 Å². The van der Waals surface area contributed by atoms with E-state index < -0.39 is 6.10 Å². The molecule has 350 valence electrons. The van der Waals surface area contributed by atoms with Gasteiger partial charge in [0.05, 0.1) is 0 Å². The van der Waals surface area contributed by atoms with Crippen LogP contribution in [0.25, 0.3) is 0 Å². The van der Waals surface area contributed by atoms with Gasteiger partial charge in [0.25, 0.3) is 0 Å². The lowest BCUT2D eigenvalue weighted by molar-refractivity contribution is -0.167. The first-order valence-electron chi connectivity index (χ1n) is 24.9. The molecule has 0 saturated heterocycles. The van der Waals surface area contributed by atoms with Crippen molar-refractivity contribution in [2.75, 3.05) is 13.2 Å². The fourth-order valence-electron chi connectivity index (χ4n) is 6.36. The first-order valence-corrected chi connectivity index (χ1v) is 24.9. The van der Waals surface area contributed by atoms with Crippen LogP contribution in [0.5, 0.6) is 0 Å². The minimum absolute atomic E-state index is 0.106. The van der Waals surface area contributed by atoms with Gasteiger partial charge in [-0.15, -0.1) is 0 Å². The van der Waals surface area contributed by atoms with Crippen molar-refractivity contribution in [1.29, 1.82) is 0 Å². The maximum absolute atomic E-state index is 12.8. The maximum Gasteiger partial charge on any atom is 0.306 e. The van der Waals surface area contributed by atoms with E-state index >= 15 is 0 Å². The van der Waals surface area contributed by atoms with Crippen LogP contribution in [0.1, 0.15) is 207 Å². The Labute approximate surface area is 380 Å². The molecular formula is C56H90O6. The fraction of sp³-hybridized carbons (Fsp3) is 0.625. The van der Waals surface area contributed by atoms with Crippen molar-refractivity contribution >= 4 is 17.9 Å². The van der Waals surface area contributed by atoms with Crippen LogP contribution in [0, 0.1) is 0 Å². The van der Waals surface area contributed by atoms with Crippen molar-refractivity contribution in [1.82, 2.24) is 0 Å². The topological polar surface area (TPSA) is 78.9 Å². The molecule has 0 aromatic rings. The molecule has 0 N–H and O–H groups in total. The molecular weight excluding hydrogens is 769 g/mol. The minimum Gasteiger partial charge on any atom is -0.462 e. The Morgan fingerprint density at radius 3 is 1.19 bits per heavy atom. The fourth-order valence-corrected chi connectivity index (χ4v) is 6.36. The second-order valence-corrected chi connectivity index (χ2v) is 16.0. The number of hydrogen-bond donors (Lipinski definition) is 0. The first-order chi connectivity index (χ1) is 30.5. The van der Waals surface area contributed by atoms with Gasteiger partial charge in [-0.2, -0.15) is 0 Å². The lowest BCUT2D eigenvalue weighted by Gasteiger charge is -2.18. The largest absolute Gasteiger partial charge is 0.462 e. The molecule has 0 saturated carbocycles. The summed E-state index contributed by atoms with van der Waals surface area (Å²) in [6, 6.07) is 0. The summed E-state index contributed by atoms with van der Waals surface area (Å²) in [4.78, 5) is 37.9. The second kappa shape index (κ2) is 49.7. The Morgan fingerprint density at radius 2 is 0.710 bits per heavy atom. The zero-order valence-electron chi connectivity index (χ0n) is 39.8. The van der Waals surface area contributed by atoms with Crippen LogP contribution in [0.3, 0.4) is 0 Å². The summed E-state index contributed by atoms with van der Waals surface area (Å²) >= 11 is 0. The number of rotatable bonds is 43. The molecule has 0 aliphatic carbocycles. The van der Waals surface area contributed by atoms with Crippen LogP contribution in [0.15, 0.2) is 109 Å². The summed E-state index contributed by atoms with van der Waals surface area (Å²) in [5.41, 5.74) is 0. The van der Waals surface area contributed by atoms with Crippen molar-refractivity contribution in [2.45, 2.75) is 213 Å². The van der Waals surface area contributed by atoms with Crippen molar-refractivity contribution in [3.63, 3.8) is 0 Å². The van der Waals surface area contributed by atoms with Gasteiger partial charge in [-0.3, -0.25) is 14.4 Å². The third-order valence-electron chi connectivity index (χ3n) is 10.1. The van der Waals surface area contributed by atoms with Gasteiger partial charge < -0.3 is 14.2 Å². The Morgan fingerprint density at radius 1 is 0.355 bits per heavy atom. The third kappa shape index (κ3) is 47.1. The highest BCUT2D eigenvalue weighted by Crippen LogP contribution is 2.13. The van der Waals surface area contributed by atoms with Gasteiger partial charge in [0.2, 0.25) is 0 Å². The summed E-state index contributed by atoms with van der Waals surface area (Å²) in [5.74, 6) is -0.976. The van der Waals surface area contributed by atoms with Crippen LogP contribution in [-0.4, -0.2) is 37.2 Å². The minimum atomic E-state index is -0.807. The molecule has 0 aromatic heterocycles. The van der Waals surface area contributed by atoms with Gasteiger partial charge in [0, 0.05) is 19.3 Å². The van der Waals surface area contributed by atoms with E-state index in [1.807, 2.05) is 0 Å². The smallest absolute Gasteiger partial charge is 0.306 e. The second-order valence-electron chi connectivity index (χ2n) is 16.0. The molecule has 0 bridgehead atoms. The zero-order chi connectivity index (χ0) is 45.1. The van der Waals surface area contributed by atoms with E-state index in [9.17, 15) is 14.4 Å². The molecule has 1 atom stereocenters. The normalized spacial score (nSPS) is 13.0. The summed E-state index contributed by atoms with van der Waals surface area (Å²) < 4.78 is 16.7. The van der Waals surface area contributed by atoms with E-state index in [0.717, 1.165) is 135 Å². The highest BCUT2D eigenvalue weighted by molar-refractivity contribution is 5.71. The average Bonchev–Trinajstić information content (AvgIpc) is 3.27. The number of ether oxygens (including phenoxy) is 3. The van der Waals surface area contributed by atoms with Gasteiger partial charge in [0.15, 0.2) is 6.10 Å². The molecule has 0 fully saturated rings. The molecule has 6 heteroatoms. The summed E-state index contributed by atoms with van der Waals surface area (Å²) in [5, 5.41) is 0. The van der Waals surface area contributed by atoms with E-state index in [4.69, 9.17) is 14.2 Å². The molecule has 0 aliphatic heterocycles. The quantitative estimate of drug-likeness (QED) is 0.0200. The highest BCUT2D eigenvalue weighted by Gasteiger charge is 2.19. The molecule has 0 spiro atoms. The lowest BCUT2D eigenvalue weighted by atomic mass is 10.1. The molecule has 0 heterocycles. The van der Waals surface area contributed by atoms with E-state index in [2.05, 4.69) is 130 Å². The van der Waals surface area contributed by atoms with Gasteiger partial charge in [0.1, 0.15) is 13.2 Å². The molecule has 62 heavy (non-hydrogen) atoms. The van der Waals surface area contributed by atoms with E-state index in [1.54, 1.807) is 0 Å². The molecule has 0 rings (SSSR count). The summed E-state index contributed by atoms with van der Waals surface area (Å²) in [7, 11) is 0. The zero-order valence-corrected chi connectivity index (χ0v) is 39.8. The van der Waals surface area contributed by atoms with Gasteiger partial charge >= 0.3 is 17.9 Å². The summed E-state index contributed by atoms with van der Waals surface area (Å²) in [6.45, 7) is 6.29. The molecule has 0 aliphatic rings. The van der Waals surface area contributed by atoms with Crippen molar-refractivity contribution in [3.05, 3.63) is 109 Å². The van der Waals surface area contributed by atoms with Gasteiger partial charge in [-0.05, 0) is 103 Å². The Bertz CT molecular complexity index is 1310. The number of carbonyl (C=O) groups is 3. The van der Waals surface area contributed by atoms with Crippen molar-refractivity contribution in [3.8, 4) is 0 Å². The number of hydrogen-bond acceptors (Lipinski definition) is 6. The standard InChI is InChI=1S/C56H90O6/c1-4-7-10-13-16-19-22-25-27-29-31-34-37-40-43-46-49-55(58)61-52-53(51-60-54(57)48-45-42-39-36-33-30-24-21-18-15-12-9-6-3)62-56(59)50-47-44-41-38-35-32-28-26-23-20-17-14-11-8-5-2/h7,9-10,12,15-21,23-27,31,34,53H,4-6,8,11,13-14,22,28-30,32-33,35-52H2,1-3H3/b10-7-,12-9-,18-15-,19-16-,20-17-,24-21-,26-23-,27-25-,34-31-. The predicted molar refractivity (Wildman–Crippen MR) is 265 cm³/mol. The predicted octanol–water partition coefficient (Wildman–Crippen LogP) is 16.4. The Kier molecular flexibility index (Phi) is 46.6. The van der Waals surface area contributed by atoms with Crippen LogP contribution in [-0.2, 0) is 28.6 Å². The number of unbranched alkanes of at least 4 members (excludes halogenated alkanes) is 17. The SMILES string of the molecule is CC\C=C/C=C\C=C/CCCCCCCC(=O)OCC(COC(=O)CCCCC/C=C\C/C=C\C/C=C\C/C=C\CC)OC(=O)CCCCCCCC/C=C\C=C/CCCCC. The molecule has 6 nitrogen and oxygen atoms in total. The third-order valence-corrected chi connectivity index (χ3v) is 10.1. The molecule has 0 radical (unpaired) electrons. The first kappa shape index (κ1) is 58.1. The van der Waals surface area contributed by atoms with Crippen LogP contribution in [0.4, 0.5) is 0 Å². The number of allylic oxidation sites excluding steroid dienone is 18. The van der Waals surface area contributed by atoms with Crippen molar-refractivity contribution in [2.24, 2.45) is 0 Å². The van der Waals surface area contributed by atoms with Gasteiger partial charge in [-0.25, -0.2) is 0 Å². The average molecular weight is 859 g/mol. The van der Waals surface area contributed by atoms with E-state index in [1.165, 1.54) is 32.1 Å². The maximum atomic E-state index is 12.8. The van der Waals surface area contributed by atoms with Crippen LogP contribution >= 0.6 is 0 Å². The number of carbonyl (C=O) groups excluding carboxylic acids is 3. The van der Waals surface area contributed by atoms with Crippen LogP contribution < -0.4 is 0 Å². The number of esters is 3. The van der Waals surface area contributed by atoms with E-state index in [-0.39, 0.29) is 31.1 Å². The Hall–Kier alpha value is -3.93. The van der Waals surface area contributed by atoms with E-state index in [0.29, 0.717) is 19.3 Å². The Balaban J connectivity index is 4.51.